The van der Waals surface area contributed by atoms with Gasteiger partial charge in [-0.3, -0.25) is 4.99 Å². The van der Waals surface area contributed by atoms with Gasteiger partial charge >= 0.3 is 0 Å². The molecule has 1 atom stereocenters. The third-order valence-electron chi connectivity index (χ3n) is 5.51. The molecule has 1 aromatic rings. The van der Waals surface area contributed by atoms with Crippen molar-refractivity contribution in [3.05, 3.63) is 23.9 Å². The van der Waals surface area contributed by atoms with Crippen molar-refractivity contribution in [1.29, 1.82) is 0 Å². The summed E-state index contributed by atoms with van der Waals surface area (Å²) in [7, 11) is 1.89. The Balaban J connectivity index is 1.56. The fourth-order valence-electron chi connectivity index (χ4n) is 3.71. The van der Waals surface area contributed by atoms with Crippen LogP contribution in [0.25, 0.3) is 0 Å². The van der Waals surface area contributed by atoms with Crippen molar-refractivity contribution >= 4 is 23.5 Å². The van der Waals surface area contributed by atoms with Gasteiger partial charge in [0.15, 0.2) is 5.96 Å². The molecule has 2 aliphatic rings. The number of likely N-dealkylation sites (N-methyl/N-ethyl adjacent to an activating group) is 1. The van der Waals surface area contributed by atoms with Crippen LogP contribution < -0.4 is 10.2 Å². The smallest absolute Gasteiger partial charge is 0.193 e. The normalized spacial score (nSPS) is 22.2. The van der Waals surface area contributed by atoms with Crippen molar-refractivity contribution in [1.82, 2.24) is 20.1 Å². The molecule has 0 radical (unpaired) electrons. The van der Waals surface area contributed by atoms with Gasteiger partial charge in [-0.25, -0.2) is 4.98 Å². The predicted octanol–water partition coefficient (Wildman–Crippen LogP) is 2.13. The molecule has 150 valence electrons. The predicted molar refractivity (Wildman–Crippen MR) is 117 cm³/mol. The molecule has 1 aromatic heterocycles. The highest BCUT2D eigenvalue weighted by molar-refractivity contribution is 8.00. The lowest BCUT2D eigenvalue weighted by Gasteiger charge is -2.35. The van der Waals surface area contributed by atoms with E-state index in [-0.39, 0.29) is 0 Å². The molecule has 1 unspecified atom stereocenters. The van der Waals surface area contributed by atoms with E-state index in [1.165, 1.54) is 17.7 Å². The number of aliphatic imine (C=N–C) groups is 1. The maximum atomic E-state index is 4.61. The Morgan fingerprint density at radius 1 is 1.26 bits per heavy atom. The van der Waals surface area contributed by atoms with Crippen LogP contribution >= 0.6 is 11.8 Å². The molecule has 2 saturated heterocycles. The van der Waals surface area contributed by atoms with Gasteiger partial charge in [-0.05, 0) is 30.7 Å². The van der Waals surface area contributed by atoms with E-state index in [2.05, 4.69) is 67.7 Å². The third-order valence-corrected chi connectivity index (χ3v) is 6.88. The maximum Gasteiger partial charge on any atom is 0.193 e. The second-order valence-corrected chi connectivity index (χ2v) is 8.60. The quantitative estimate of drug-likeness (QED) is 0.614. The van der Waals surface area contributed by atoms with Crippen molar-refractivity contribution in [3.8, 4) is 0 Å². The van der Waals surface area contributed by atoms with Crippen molar-refractivity contribution in [2.24, 2.45) is 4.99 Å². The zero-order valence-corrected chi connectivity index (χ0v) is 17.8. The van der Waals surface area contributed by atoms with Gasteiger partial charge in [-0.15, -0.1) is 0 Å². The molecule has 0 bridgehead atoms. The van der Waals surface area contributed by atoms with Crippen LogP contribution in [0.2, 0.25) is 0 Å². The average molecular weight is 391 g/mol. The molecule has 2 aliphatic heterocycles. The number of thioether (sulfide) groups is 1. The van der Waals surface area contributed by atoms with Gasteiger partial charge in [0.05, 0.1) is 0 Å². The number of anilines is 1. The third kappa shape index (κ3) is 5.51. The first-order valence-corrected chi connectivity index (χ1v) is 11.3. The summed E-state index contributed by atoms with van der Waals surface area (Å²) in [4.78, 5) is 16.4. The fraction of sp³-hybridized carbons (Fsp3) is 0.700. The van der Waals surface area contributed by atoms with E-state index < -0.39 is 0 Å². The molecule has 0 amide bonds. The van der Waals surface area contributed by atoms with Gasteiger partial charge in [-0.1, -0.05) is 13.8 Å². The van der Waals surface area contributed by atoms with Crippen LogP contribution in [0.3, 0.4) is 0 Å². The van der Waals surface area contributed by atoms with E-state index in [1.54, 1.807) is 0 Å². The lowest BCUT2D eigenvalue weighted by atomic mass is 10.2. The van der Waals surface area contributed by atoms with Crippen LogP contribution in [0.4, 0.5) is 5.82 Å². The largest absolute Gasteiger partial charge is 0.354 e. The summed E-state index contributed by atoms with van der Waals surface area (Å²) in [5.41, 5.74) is 1.26. The van der Waals surface area contributed by atoms with E-state index >= 15 is 0 Å². The summed E-state index contributed by atoms with van der Waals surface area (Å²) in [6.45, 7) is 13.0. The lowest BCUT2D eigenvalue weighted by molar-refractivity contribution is 0.270. The summed E-state index contributed by atoms with van der Waals surface area (Å²) in [5, 5.41) is 4.27. The van der Waals surface area contributed by atoms with Crippen LogP contribution in [0.1, 0.15) is 25.8 Å². The van der Waals surface area contributed by atoms with Crippen molar-refractivity contribution in [3.63, 3.8) is 0 Å². The zero-order chi connectivity index (χ0) is 19.1. The highest BCUT2D eigenvalue weighted by Crippen LogP contribution is 2.21. The maximum absolute atomic E-state index is 4.61. The molecule has 0 spiro atoms. The SMILES string of the molecule is CCC1CN(C(=NC)NCc2ccnc(N3CCN(CC)CC3)c2)CCS1. The Morgan fingerprint density at radius 2 is 2.07 bits per heavy atom. The monoisotopic (exact) mass is 390 g/mol. The number of aromatic nitrogens is 1. The molecule has 27 heavy (non-hydrogen) atoms. The summed E-state index contributed by atoms with van der Waals surface area (Å²) >= 11 is 2.09. The molecule has 2 fully saturated rings. The Morgan fingerprint density at radius 3 is 2.78 bits per heavy atom. The standard InChI is InChI=1S/C20H34N6S/c1-4-18-16-26(12-13-27-18)20(21-3)23-15-17-6-7-22-19(14-17)25-10-8-24(5-2)9-11-25/h6-7,14,18H,4-5,8-13,15-16H2,1-3H3,(H,21,23). The van der Waals surface area contributed by atoms with E-state index in [0.29, 0.717) is 5.25 Å². The second-order valence-electron chi connectivity index (χ2n) is 7.19. The highest BCUT2D eigenvalue weighted by Gasteiger charge is 2.21. The highest BCUT2D eigenvalue weighted by atomic mass is 32.2. The number of rotatable bonds is 5. The van der Waals surface area contributed by atoms with Gasteiger partial charge in [-0.2, -0.15) is 11.8 Å². The Kier molecular flexibility index (Phi) is 7.64. The number of nitrogens with zero attached hydrogens (tertiary/aromatic N) is 5. The van der Waals surface area contributed by atoms with Gasteiger partial charge in [0.25, 0.3) is 0 Å². The van der Waals surface area contributed by atoms with Crippen molar-refractivity contribution in [2.45, 2.75) is 32.1 Å². The number of hydrogen-bond donors (Lipinski definition) is 1. The van der Waals surface area contributed by atoms with Gasteiger partial charge in [0.2, 0.25) is 0 Å². The second kappa shape index (κ2) is 10.2. The van der Waals surface area contributed by atoms with Gasteiger partial charge < -0.3 is 20.0 Å². The summed E-state index contributed by atoms with van der Waals surface area (Å²) in [6.07, 6.45) is 3.16. The first-order valence-electron chi connectivity index (χ1n) is 10.2. The molecule has 1 N–H and O–H groups in total. The molecule has 3 heterocycles. The minimum absolute atomic E-state index is 0.714. The number of pyridine rings is 1. The van der Waals surface area contributed by atoms with E-state index in [1.807, 2.05) is 13.2 Å². The Hall–Kier alpha value is -1.47. The van der Waals surface area contributed by atoms with E-state index in [0.717, 1.165) is 64.1 Å². The molecule has 0 aliphatic carbocycles. The van der Waals surface area contributed by atoms with Crippen LogP contribution in [0, 0.1) is 0 Å². The average Bonchev–Trinajstić information content (AvgIpc) is 2.74. The summed E-state index contributed by atoms with van der Waals surface area (Å²) in [6, 6.07) is 4.33. The topological polar surface area (TPSA) is 47.0 Å². The Bertz CT molecular complexity index is 614. The van der Waals surface area contributed by atoms with Crippen LogP contribution in [0.15, 0.2) is 23.3 Å². The minimum Gasteiger partial charge on any atom is -0.354 e. The molecule has 0 aromatic carbocycles. The zero-order valence-electron chi connectivity index (χ0n) is 17.0. The van der Waals surface area contributed by atoms with Gasteiger partial charge in [0, 0.05) is 70.1 Å². The van der Waals surface area contributed by atoms with Crippen molar-refractivity contribution in [2.75, 3.05) is 63.5 Å². The van der Waals surface area contributed by atoms with Crippen LogP contribution in [-0.4, -0.2) is 84.6 Å². The van der Waals surface area contributed by atoms with Crippen LogP contribution in [0.5, 0.6) is 0 Å². The van der Waals surface area contributed by atoms with E-state index in [4.69, 9.17) is 0 Å². The van der Waals surface area contributed by atoms with E-state index in [9.17, 15) is 0 Å². The molecule has 7 heteroatoms. The van der Waals surface area contributed by atoms with Crippen LogP contribution in [-0.2, 0) is 6.54 Å². The molecule has 6 nitrogen and oxygen atoms in total. The van der Waals surface area contributed by atoms with Gasteiger partial charge in [0.1, 0.15) is 5.82 Å². The Labute approximate surface area is 168 Å². The minimum atomic E-state index is 0.714. The number of guanidine groups is 1. The fourth-order valence-corrected chi connectivity index (χ4v) is 4.89. The lowest BCUT2D eigenvalue weighted by Crippen LogP contribution is -2.47. The van der Waals surface area contributed by atoms with Crippen molar-refractivity contribution < 1.29 is 0 Å². The molecular weight excluding hydrogens is 356 g/mol. The molecule has 0 saturated carbocycles. The number of hydrogen-bond acceptors (Lipinski definition) is 5. The first-order chi connectivity index (χ1) is 13.2. The molecule has 3 rings (SSSR count). The number of piperazine rings is 1. The molecular formula is C20H34N6S. The first kappa shape index (κ1) is 20.3. The number of nitrogens with one attached hydrogen (secondary N) is 1. The summed E-state index contributed by atoms with van der Waals surface area (Å²) in [5.74, 6) is 3.30. The summed E-state index contributed by atoms with van der Waals surface area (Å²) < 4.78 is 0.